The Morgan fingerprint density at radius 1 is 1.43 bits per heavy atom. The summed E-state index contributed by atoms with van der Waals surface area (Å²) in [5.41, 5.74) is 0.710. The molecule has 0 heterocycles. The first-order valence-electron chi connectivity index (χ1n) is 4.30. The first-order chi connectivity index (χ1) is 6.71. The number of hydrogen-bond acceptors (Lipinski definition) is 4. The lowest BCUT2D eigenvalue weighted by molar-refractivity contribution is -0.138. The Labute approximate surface area is 94.2 Å². The van der Waals surface area contributed by atoms with Crippen LogP contribution in [0.25, 0.3) is 0 Å². The first-order valence-corrected chi connectivity index (χ1v) is 6.75. The average molecular weight is 232 g/mol. The number of ether oxygens (including phenoxy) is 1. The molecule has 0 amide bonds. The molecule has 0 N–H and O–H groups in total. The number of thioether (sulfide) groups is 2. The third-order valence-corrected chi connectivity index (χ3v) is 3.72. The van der Waals surface area contributed by atoms with Crippen LogP contribution in [0.15, 0.2) is 22.5 Å². The lowest BCUT2D eigenvalue weighted by Gasteiger charge is -2.08. The summed E-state index contributed by atoms with van der Waals surface area (Å²) in [5.74, 6) is -0.230. The molecule has 0 rings (SSSR count). The summed E-state index contributed by atoms with van der Waals surface area (Å²) in [7, 11) is 0. The minimum atomic E-state index is -0.230. The molecule has 4 heteroatoms. The number of allylic oxidation sites excluding steroid dienone is 1. The summed E-state index contributed by atoms with van der Waals surface area (Å²) < 4.78 is 5.97. The zero-order valence-electron chi connectivity index (χ0n) is 8.83. The van der Waals surface area contributed by atoms with E-state index in [0.717, 1.165) is 4.24 Å². The van der Waals surface area contributed by atoms with Gasteiger partial charge in [-0.15, -0.1) is 30.1 Å². The van der Waals surface area contributed by atoms with Gasteiger partial charge in [-0.05, 0) is 25.9 Å². The number of esters is 1. The second kappa shape index (κ2) is 8.00. The van der Waals surface area contributed by atoms with Crippen LogP contribution in [0.4, 0.5) is 0 Å². The van der Waals surface area contributed by atoms with Crippen molar-refractivity contribution >= 4 is 29.5 Å². The smallest absolute Gasteiger partial charge is 0.335 e. The van der Waals surface area contributed by atoms with Crippen molar-refractivity contribution in [1.82, 2.24) is 0 Å². The topological polar surface area (TPSA) is 26.3 Å². The Morgan fingerprint density at radius 3 is 2.36 bits per heavy atom. The maximum absolute atomic E-state index is 11.5. The molecule has 0 aliphatic heterocycles. The van der Waals surface area contributed by atoms with Gasteiger partial charge in [0.15, 0.2) is 0 Å². The van der Waals surface area contributed by atoms with E-state index in [4.69, 9.17) is 4.74 Å². The van der Waals surface area contributed by atoms with E-state index in [1.807, 2.05) is 12.5 Å². The van der Waals surface area contributed by atoms with E-state index in [2.05, 4.69) is 6.58 Å². The van der Waals surface area contributed by atoms with Gasteiger partial charge in [0.05, 0.1) is 16.4 Å². The van der Waals surface area contributed by atoms with Crippen LogP contribution in [-0.2, 0) is 9.53 Å². The van der Waals surface area contributed by atoms with E-state index < -0.39 is 0 Å². The molecule has 0 bridgehead atoms. The highest BCUT2D eigenvalue weighted by Crippen LogP contribution is 2.29. The normalized spacial score (nSPS) is 9.36. The molecule has 0 aliphatic carbocycles. The lowest BCUT2D eigenvalue weighted by atomic mass is 10.2. The van der Waals surface area contributed by atoms with E-state index in [9.17, 15) is 4.79 Å². The van der Waals surface area contributed by atoms with E-state index in [1.54, 1.807) is 36.5 Å². The molecule has 2 nitrogen and oxygen atoms in total. The fourth-order valence-corrected chi connectivity index (χ4v) is 2.44. The molecule has 0 aromatic heterocycles. The van der Waals surface area contributed by atoms with Crippen LogP contribution in [0, 0.1) is 0 Å². The molecule has 14 heavy (non-hydrogen) atoms. The quantitative estimate of drug-likeness (QED) is 0.399. The zero-order valence-corrected chi connectivity index (χ0v) is 10.5. The second-order valence-electron chi connectivity index (χ2n) is 2.39. The van der Waals surface area contributed by atoms with E-state index >= 15 is 0 Å². The summed E-state index contributed by atoms with van der Waals surface area (Å²) in [6.07, 6.45) is 6.19. The van der Waals surface area contributed by atoms with Crippen LogP contribution >= 0.6 is 23.5 Å². The van der Waals surface area contributed by atoms with Gasteiger partial charge in [-0.3, -0.25) is 0 Å². The van der Waals surface area contributed by atoms with Gasteiger partial charge in [-0.25, -0.2) is 4.79 Å². The number of carbonyl (C=O) groups is 1. The van der Waals surface area contributed by atoms with Crippen molar-refractivity contribution in [2.24, 2.45) is 0 Å². The number of hydrogen-bond donors (Lipinski definition) is 0. The minimum Gasteiger partial charge on any atom is -0.463 e. The van der Waals surface area contributed by atoms with Gasteiger partial charge in [0.25, 0.3) is 0 Å². The van der Waals surface area contributed by atoms with Crippen LogP contribution in [0.5, 0.6) is 0 Å². The van der Waals surface area contributed by atoms with Gasteiger partial charge in [0, 0.05) is 0 Å². The molecular formula is C10H16O2S2. The van der Waals surface area contributed by atoms with Crippen LogP contribution in [0.3, 0.4) is 0 Å². The Morgan fingerprint density at radius 2 is 2.00 bits per heavy atom. The molecule has 0 saturated heterocycles. The zero-order chi connectivity index (χ0) is 11.0. The van der Waals surface area contributed by atoms with E-state index in [1.165, 1.54) is 0 Å². The fourth-order valence-electron chi connectivity index (χ4n) is 0.942. The first kappa shape index (κ1) is 13.7. The summed E-state index contributed by atoms with van der Waals surface area (Å²) in [5, 5.41) is 0. The SMILES string of the molecule is C=CCC(C(=O)OCC)=C(SC)SC. The standard InChI is InChI=1S/C10H16O2S2/c1-5-7-8(9(11)12-6-2)10(13-3)14-4/h5H,1,6-7H2,2-4H3. The average Bonchev–Trinajstić information content (AvgIpc) is 2.18. The van der Waals surface area contributed by atoms with Crippen LogP contribution < -0.4 is 0 Å². The van der Waals surface area contributed by atoms with Crippen LogP contribution in [-0.4, -0.2) is 25.1 Å². The third kappa shape index (κ3) is 4.24. The van der Waals surface area contributed by atoms with Crippen molar-refractivity contribution < 1.29 is 9.53 Å². The van der Waals surface area contributed by atoms with Crippen molar-refractivity contribution in [2.45, 2.75) is 13.3 Å². The summed E-state index contributed by atoms with van der Waals surface area (Å²) in [6, 6.07) is 0. The fraction of sp³-hybridized carbons (Fsp3) is 0.500. The molecule has 0 aliphatic rings. The molecule has 0 atom stereocenters. The summed E-state index contributed by atoms with van der Waals surface area (Å²) >= 11 is 3.13. The Balaban J connectivity index is 4.79. The summed E-state index contributed by atoms with van der Waals surface area (Å²) in [6.45, 7) is 5.85. The van der Waals surface area contributed by atoms with Gasteiger partial charge >= 0.3 is 5.97 Å². The predicted octanol–water partition coefficient (Wildman–Crippen LogP) is 3.06. The summed E-state index contributed by atoms with van der Waals surface area (Å²) in [4.78, 5) is 11.5. The Bertz CT molecular complexity index is 228. The van der Waals surface area contributed by atoms with E-state index in [-0.39, 0.29) is 5.97 Å². The van der Waals surface area contributed by atoms with Crippen LogP contribution in [0.1, 0.15) is 13.3 Å². The molecule has 0 unspecified atom stereocenters. The molecule has 80 valence electrons. The highest BCUT2D eigenvalue weighted by Gasteiger charge is 2.14. The highest BCUT2D eigenvalue weighted by atomic mass is 32.2. The maximum Gasteiger partial charge on any atom is 0.335 e. The lowest BCUT2D eigenvalue weighted by Crippen LogP contribution is -2.08. The van der Waals surface area contributed by atoms with Crippen molar-refractivity contribution in [3.05, 3.63) is 22.5 Å². The Hall–Kier alpha value is -0.350. The molecule has 0 fully saturated rings. The van der Waals surface area contributed by atoms with Gasteiger partial charge in [-0.1, -0.05) is 6.08 Å². The van der Waals surface area contributed by atoms with E-state index in [0.29, 0.717) is 18.6 Å². The van der Waals surface area contributed by atoms with Crippen molar-refractivity contribution in [1.29, 1.82) is 0 Å². The highest BCUT2D eigenvalue weighted by molar-refractivity contribution is 8.21. The minimum absolute atomic E-state index is 0.230. The molecule has 0 aromatic rings. The van der Waals surface area contributed by atoms with Crippen LogP contribution in [0.2, 0.25) is 0 Å². The number of carbonyl (C=O) groups excluding carboxylic acids is 1. The van der Waals surface area contributed by atoms with Crippen molar-refractivity contribution in [3.8, 4) is 0 Å². The number of rotatable bonds is 6. The van der Waals surface area contributed by atoms with Crippen molar-refractivity contribution in [2.75, 3.05) is 19.1 Å². The molecule has 0 saturated carbocycles. The molecule has 0 spiro atoms. The third-order valence-electron chi connectivity index (χ3n) is 1.49. The van der Waals surface area contributed by atoms with Crippen molar-refractivity contribution in [3.63, 3.8) is 0 Å². The molecular weight excluding hydrogens is 216 g/mol. The maximum atomic E-state index is 11.5. The van der Waals surface area contributed by atoms with Gasteiger partial charge in [-0.2, -0.15) is 0 Å². The predicted molar refractivity (Wildman–Crippen MR) is 65.5 cm³/mol. The van der Waals surface area contributed by atoms with Gasteiger partial charge in [0.1, 0.15) is 0 Å². The molecule has 0 aromatic carbocycles. The monoisotopic (exact) mass is 232 g/mol. The van der Waals surface area contributed by atoms with Gasteiger partial charge in [0.2, 0.25) is 0 Å². The molecule has 0 radical (unpaired) electrons. The van der Waals surface area contributed by atoms with Gasteiger partial charge < -0.3 is 4.74 Å². The largest absolute Gasteiger partial charge is 0.463 e. The Kier molecular flexibility index (Phi) is 7.80. The second-order valence-corrected chi connectivity index (χ2v) is 4.28.